The van der Waals surface area contributed by atoms with Crippen LogP contribution in [0.3, 0.4) is 0 Å². The van der Waals surface area contributed by atoms with Crippen LogP contribution in [0.1, 0.15) is 0 Å². The second kappa shape index (κ2) is 2.88. The normalized spacial score (nSPS) is 12.8. The second-order valence-corrected chi connectivity index (χ2v) is 15.2. The molecule has 0 radical (unpaired) electrons. The van der Waals surface area contributed by atoms with Gasteiger partial charge in [0, 0.05) is 0 Å². The van der Waals surface area contributed by atoms with Gasteiger partial charge < -0.3 is 0 Å². The van der Waals surface area contributed by atoms with Crippen molar-refractivity contribution in [3.8, 4) is 0 Å². The van der Waals surface area contributed by atoms with Crippen LogP contribution in [-0.4, -0.2) is 37.6 Å². The number of nitrogens with zero attached hydrogens (tertiary/aromatic N) is 1. The third-order valence-corrected chi connectivity index (χ3v) is 4.11. The summed E-state index contributed by atoms with van der Waals surface area (Å²) in [5.41, 5.74) is 0. The molecule has 0 amide bonds. The van der Waals surface area contributed by atoms with Crippen LogP contribution in [0.4, 0.5) is 0 Å². The quantitative estimate of drug-likeness (QED) is 0.575. The average molecular weight is 176 g/mol. The summed E-state index contributed by atoms with van der Waals surface area (Å²) in [6, 6.07) is 0. The first kappa shape index (κ1) is 8.50. The zero-order valence-corrected chi connectivity index (χ0v) is 8.75. The van der Waals surface area contributed by atoms with E-state index in [0.29, 0.717) is 0 Å². The van der Waals surface area contributed by atoms with Gasteiger partial charge in [-0.1, -0.05) is 0 Å². The maximum absolute atomic E-state index is 2.43. The first-order valence-electron chi connectivity index (χ1n) is 3.06. The van der Waals surface area contributed by atoms with E-state index in [2.05, 4.69) is 36.3 Å². The second-order valence-electron chi connectivity index (χ2n) is 3.80. The molecule has 0 aromatic rings. The maximum atomic E-state index is 2.43. The van der Waals surface area contributed by atoms with Crippen LogP contribution in [0.15, 0.2) is 0 Å². The van der Waals surface area contributed by atoms with Gasteiger partial charge in [-0.15, -0.1) is 0 Å². The summed E-state index contributed by atoms with van der Waals surface area (Å²) < 4.78 is 0. The molecule has 0 saturated heterocycles. The van der Waals surface area contributed by atoms with Crippen molar-refractivity contribution in [3.63, 3.8) is 0 Å². The van der Waals surface area contributed by atoms with Crippen molar-refractivity contribution in [2.45, 2.75) is 17.3 Å². The predicted molar refractivity (Wildman–Crippen MR) is 41.9 cm³/mol. The fraction of sp³-hybridized carbons (Fsp3) is 1.00. The summed E-state index contributed by atoms with van der Waals surface area (Å²) in [6.07, 6.45) is 0. The molecule has 0 bridgehead atoms. The molecule has 0 saturated carbocycles. The van der Waals surface area contributed by atoms with Gasteiger partial charge in [0.2, 0.25) is 0 Å². The Labute approximate surface area is 55.4 Å². The van der Waals surface area contributed by atoms with Crippen LogP contribution in [0.5, 0.6) is 0 Å². The molecule has 0 aromatic heterocycles. The van der Waals surface area contributed by atoms with Crippen LogP contribution in [0, 0.1) is 0 Å². The van der Waals surface area contributed by atoms with E-state index in [4.69, 9.17) is 0 Å². The van der Waals surface area contributed by atoms with E-state index in [9.17, 15) is 0 Å². The molecule has 0 atom stereocenters. The van der Waals surface area contributed by atoms with Crippen molar-refractivity contribution >= 4 is 13.3 Å². The molecule has 0 unspecified atom stereocenters. The van der Waals surface area contributed by atoms with E-state index in [1.165, 1.54) is 5.38 Å². The third kappa shape index (κ3) is 6.50. The zero-order chi connectivity index (χ0) is 6.78. The first-order valence-corrected chi connectivity index (χ1v) is 10.8. The van der Waals surface area contributed by atoms with Crippen molar-refractivity contribution in [3.05, 3.63) is 0 Å². The van der Waals surface area contributed by atoms with Crippen LogP contribution in [0.2, 0.25) is 17.3 Å². The first-order chi connectivity index (χ1) is 3.42. The van der Waals surface area contributed by atoms with Gasteiger partial charge in [0.25, 0.3) is 0 Å². The molecular formula is C6H17GeN. The molecule has 0 spiro atoms. The molecule has 0 fully saturated rings. The SMILES string of the molecule is CN(C)[CH2][Ge]([CH3])([CH3])[CH3]. The molecule has 0 rings (SSSR count). The van der Waals surface area contributed by atoms with Crippen molar-refractivity contribution in [1.82, 2.24) is 4.90 Å². The number of hydrogen-bond donors (Lipinski definition) is 0. The Hall–Kier alpha value is 0.503. The summed E-state index contributed by atoms with van der Waals surface area (Å²) in [5.74, 6) is 7.29. The van der Waals surface area contributed by atoms with E-state index in [0.717, 1.165) is 0 Å². The fourth-order valence-electron chi connectivity index (χ4n) is 0.949. The average Bonchev–Trinajstić information content (AvgIpc) is 1.21. The van der Waals surface area contributed by atoms with Gasteiger partial charge in [-0.2, -0.15) is 0 Å². The Kier molecular flexibility index (Phi) is 3.06. The van der Waals surface area contributed by atoms with Gasteiger partial charge >= 0.3 is 54.9 Å². The van der Waals surface area contributed by atoms with Gasteiger partial charge in [-0.05, 0) is 0 Å². The van der Waals surface area contributed by atoms with Crippen molar-refractivity contribution in [1.29, 1.82) is 0 Å². The van der Waals surface area contributed by atoms with Crippen LogP contribution >= 0.6 is 0 Å². The minimum atomic E-state index is -1.23. The third-order valence-electron chi connectivity index (χ3n) is 0.791. The van der Waals surface area contributed by atoms with Crippen molar-refractivity contribution < 1.29 is 0 Å². The fourth-order valence-corrected chi connectivity index (χ4v) is 4.93. The Morgan fingerprint density at radius 2 is 1.50 bits per heavy atom. The molecule has 2 heteroatoms. The Morgan fingerprint density at radius 1 is 1.12 bits per heavy atom. The van der Waals surface area contributed by atoms with Crippen LogP contribution in [-0.2, 0) is 0 Å². The summed E-state index contributed by atoms with van der Waals surface area (Å²) >= 11 is -1.23. The molecule has 0 N–H and O–H groups in total. The zero-order valence-electron chi connectivity index (χ0n) is 6.65. The number of hydrogen-bond acceptors (Lipinski definition) is 1. The molecular weight excluding hydrogens is 159 g/mol. The predicted octanol–water partition coefficient (Wildman–Crippen LogP) is 1.43. The number of rotatable bonds is 2. The van der Waals surface area contributed by atoms with Gasteiger partial charge in [0.05, 0.1) is 0 Å². The van der Waals surface area contributed by atoms with Gasteiger partial charge in [-0.3, -0.25) is 0 Å². The summed E-state index contributed by atoms with van der Waals surface area (Å²) in [5, 5.41) is 1.35. The monoisotopic (exact) mass is 177 g/mol. The van der Waals surface area contributed by atoms with Crippen LogP contribution < -0.4 is 0 Å². The van der Waals surface area contributed by atoms with Gasteiger partial charge in [0.15, 0.2) is 0 Å². The summed E-state index contributed by atoms with van der Waals surface area (Å²) in [4.78, 5) is 2.29. The molecule has 0 aliphatic heterocycles. The molecule has 0 aromatic carbocycles. The van der Waals surface area contributed by atoms with Crippen LogP contribution in [0.25, 0.3) is 0 Å². The van der Waals surface area contributed by atoms with Crippen molar-refractivity contribution in [2.24, 2.45) is 0 Å². The van der Waals surface area contributed by atoms with E-state index in [1.54, 1.807) is 0 Å². The van der Waals surface area contributed by atoms with E-state index < -0.39 is 13.3 Å². The summed E-state index contributed by atoms with van der Waals surface area (Å²) in [7, 11) is 4.30. The Bertz CT molecular complexity index is 63.4. The van der Waals surface area contributed by atoms with E-state index in [-0.39, 0.29) is 0 Å². The molecule has 1 nitrogen and oxygen atoms in total. The standard InChI is InChI=1S/C6H17GeN/c1-7(2,3)6-8(4)5/h6H2,1-5H3. The van der Waals surface area contributed by atoms with E-state index >= 15 is 0 Å². The molecule has 0 aliphatic rings. The minimum absolute atomic E-state index is 1.23. The molecule has 50 valence electrons. The Morgan fingerprint density at radius 3 is 1.50 bits per heavy atom. The van der Waals surface area contributed by atoms with E-state index in [1.807, 2.05) is 0 Å². The molecule has 8 heavy (non-hydrogen) atoms. The van der Waals surface area contributed by atoms with Gasteiger partial charge in [0.1, 0.15) is 0 Å². The van der Waals surface area contributed by atoms with Gasteiger partial charge in [-0.25, -0.2) is 0 Å². The molecule has 0 heterocycles. The Balaban J connectivity index is 3.39. The molecule has 0 aliphatic carbocycles. The van der Waals surface area contributed by atoms with Crippen molar-refractivity contribution in [2.75, 3.05) is 19.5 Å². The topological polar surface area (TPSA) is 3.24 Å². The summed E-state index contributed by atoms with van der Waals surface area (Å²) in [6.45, 7) is 0.